The summed E-state index contributed by atoms with van der Waals surface area (Å²) in [5.74, 6) is 0.794. The van der Waals surface area contributed by atoms with E-state index in [0.717, 1.165) is 30.9 Å². The molecule has 0 saturated carbocycles. The molecule has 4 nitrogen and oxygen atoms in total. The van der Waals surface area contributed by atoms with Crippen LogP contribution in [0.5, 0.6) is 5.75 Å². The number of anilines is 2. The van der Waals surface area contributed by atoms with Gasteiger partial charge in [-0.2, -0.15) is 0 Å². The second-order valence-corrected chi connectivity index (χ2v) is 4.58. The van der Waals surface area contributed by atoms with E-state index in [2.05, 4.69) is 11.8 Å². The molecule has 0 unspecified atom stereocenters. The zero-order chi connectivity index (χ0) is 13.5. The first-order valence-corrected chi connectivity index (χ1v) is 6.49. The highest BCUT2D eigenvalue weighted by Gasteiger charge is 2.08. The molecule has 0 aliphatic carbocycles. The number of nitrogens with two attached hydrogens (primary N) is 1. The minimum atomic E-state index is 0.132. The van der Waals surface area contributed by atoms with Gasteiger partial charge in [0.1, 0.15) is 5.75 Å². The summed E-state index contributed by atoms with van der Waals surface area (Å²) in [7, 11) is 0. The standard InChI is InChI=1S/C14H24N2O2/c1-4-16(6-5-7-17)13-8-12(15)9-14(10-13)18-11(2)3/h8-11,17H,4-7,15H2,1-3H3. The summed E-state index contributed by atoms with van der Waals surface area (Å²) in [5.41, 5.74) is 7.64. The minimum Gasteiger partial charge on any atom is -0.491 e. The van der Waals surface area contributed by atoms with E-state index in [-0.39, 0.29) is 12.7 Å². The number of hydrogen-bond acceptors (Lipinski definition) is 4. The third-order valence-electron chi connectivity index (χ3n) is 2.62. The summed E-state index contributed by atoms with van der Waals surface area (Å²) in [6, 6.07) is 5.77. The largest absolute Gasteiger partial charge is 0.491 e. The Bertz CT molecular complexity index is 367. The summed E-state index contributed by atoms with van der Waals surface area (Å²) in [4.78, 5) is 2.18. The van der Waals surface area contributed by atoms with Crippen LogP contribution in [0.1, 0.15) is 27.2 Å². The van der Waals surface area contributed by atoms with Gasteiger partial charge in [-0.25, -0.2) is 0 Å². The third kappa shape index (κ3) is 4.45. The highest BCUT2D eigenvalue weighted by molar-refractivity contribution is 5.60. The normalized spacial score (nSPS) is 10.7. The van der Waals surface area contributed by atoms with Crippen molar-refractivity contribution < 1.29 is 9.84 Å². The number of benzene rings is 1. The fourth-order valence-electron chi connectivity index (χ4n) is 1.86. The third-order valence-corrected chi connectivity index (χ3v) is 2.62. The van der Waals surface area contributed by atoms with Crippen molar-refractivity contribution >= 4 is 11.4 Å². The number of rotatable bonds is 7. The van der Waals surface area contributed by atoms with Crippen LogP contribution in [-0.4, -0.2) is 30.9 Å². The number of nitrogens with zero attached hydrogens (tertiary/aromatic N) is 1. The Balaban J connectivity index is 2.88. The number of aliphatic hydroxyl groups is 1. The maximum atomic E-state index is 8.91. The summed E-state index contributed by atoms with van der Waals surface area (Å²) in [6.07, 6.45) is 0.885. The molecule has 0 saturated heterocycles. The molecular formula is C14H24N2O2. The Labute approximate surface area is 109 Å². The molecule has 18 heavy (non-hydrogen) atoms. The predicted molar refractivity (Wildman–Crippen MR) is 76.2 cm³/mol. The molecule has 0 aliphatic rings. The molecule has 0 spiro atoms. The summed E-state index contributed by atoms with van der Waals surface area (Å²) >= 11 is 0. The van der Waals surface area contributed by atoms with Crippen molar-refractivity contribution in [1.82, 2.24) is 0 Å². The van der Waals surface area contributed by atoms with Crippen LogP contribution >= 0.6 is 0 Å². The topological polar surface area (TPSA) is 58.7 Å². The lowest BCUT2D eigenvalue weighted by molar-refractivity contribution is 0.242. The second kappa shape index (κ2) is 7.11. The first-order valence-electron chi connectivity index (χ1n) is 6.49. The minimum absolute atomic E-state index is 0.132. The molecule has 102 valence electrons. The molecular weight excluding hydrogens is 228 g/mol. The monoisotopic (exact) mass is 252 g/mol. The van der Waals surface area contributed by atoms with E-state index >= 15 is 0 Å². The van der Waals surface area contributed by atoms with Crippen LogP contribution in [0.25, 0.3) is 0 Å². The summed E-state index contributed by atoms with van der Waals surface area (Å²) in [5, 5.41) is 8.91. The Hall–Kier alpha value is -1.42. The number of hydrogen-bond donors (Lipinski definition) is 2. The maximum absolute atomic E-state index is 8.91. The molecule has 0 aromatic heterocycles. The molecule has 1 aromatic carbocycles. The Morgan fingerprint density at radius 2 is 2.06 bits per heavy atom. The van der Waals surface area contributed by atoms with Gasteiger partial charge in [-0.3, -0.25) is 0 Å². The van der Waals surface area contributed by atoms with Crippen molar-refractivity contribution in [3.05, 3.63) is 18.2 Å². The van der Waals surface area contributed by atoms with Crippen LogP contribution in [-0.2, 0) is 0 Å². The van der Waals surface area contributed by atoms with Crippen molar-refractivity contribution in [1.29, 1.82) is 0 Å². The highest BCUT2D eigenvalue weighted by Crippen LogP contribution is 2.26. The zero-order valence-corrected chi connectivity index (χ0v) is 11.5. The molecule has 3 N–H and O–H groups in total. The van der Waals surface area contributed by atoms with Gasteiger partial charge in [-0.05, 0) is 33.3 Å². The summed E-state index contributed by atoms with van der Waals surface area (Å²) < 4.78 is 5.68. The predicted octanol–water partition coefficient (Wildman–Crippen LogP) is 2.26. The van der Waals surface area contributed by atoms with Gasteiger partial charge in [0.25, 0.3) is 0 Å². The average Bonchev–Trinajstić information content (AvgIpc) is 2.28. The van der Waals surface area contributed by atoms with Crippen LogP contribution in [0.15, 0.2) is 18.2 Å². The van der Waals surface area contributed by atoms with Gasteiger partial charge >= 0.3 is 0 Å². The second-order valence-electron chi connectivity index (χ2n) is 4.58. The van der Waals surface area contributed by atoms with Gasteiger partial charge in [0.2, 0.25) is 0 Å². The fourth-order valence-corrected chi connectivity index (χ4v) is 1.86. The Kier molecular flexibility index (Phi) is 5.78. The van der Waals surface area contributed by atoms with Crippen LogP contribution < -0.4 is 15.4 Å². The van der Waals surface area contributed by atoms with Crippen molar-refractivity contribution in [2.24, 2.45) is 0 Å². The maximum Gasteiger partial charge on any atom is 0.123 e. The SMILES string of the molecule is CCN(CCCO)c1cc(N)cc(OC(C)C)c1. The lowest BCUT2D eigenvalue weighted by Crippen LogP contribution is -2.24. The molecule has 0 atom stereocenters. The summed E-state index contributed by atoms with van der Waals surface area (Å²) in [6.45, 7) is 7.97. The van der Waals surface area contributed by atoms with Crippen LogP contribution in [0.3, 0.4) is 0 Å². The van der Waals surface area contributed by atoms with Crippen molar-refractivity contribution in [3.8, 4) is 5.75 Å². The van der Waals surface area contributed by atoms with Gasteiger partial charge in [0.05, 0.1) is 6.10 Å². The molecule has 0 radical (unpaired) electrons. The molecule has 1 aromatic rings. The van der Waals surface area contributed by atoms with E-state index < -0.39 is 0 Å². The van der Waals surface area contributed by atoms with Crippen molar-refractivity contribution in [2.75, 3.05) is 30.3 Å². The van der Waals surface area contributed by atoms with Crippen LogP contribution in [0, 0.1) is 0 Å². The van der Waals surface area contributed by atoms with Gasteiger partial charge in [-0.1, -0.05) is 0 Å². The number of aliphatic hydroxyl groups excluding tert-OH is 1. The molecule has 0 aliphatic heterocycles. The average molecular weight is 252 g/mol. The first kappa shape index (κ1) is 14.6. The fraction of sp³-hybridized carbons (Fsp3) is 0.571. The van der Waals surface area contributed by atoms with E-state index in [1.54, 1.807) is 0 Å². The van der Waals surface area contributed by atoms with E-state index in [1.165, 1.54) is 0 Å². The van der Waals surface area contributed by atoms with E-state index in [0.29, 0.717) is 5.69 Å². The lowest BCUT2D eigenvalue weighted by atomic mass is 10.2. The van der Waals surface area contributed by atoms with E-state index in [1.807, 2.05) is 32.0 Å². The highest BCUT2D eigenvalue weighted by atomic mass is 16.5. The smallest absolute Gasteiger partial charge is 0.123 e. The van der Waals surface area contributed by atoms with Gasteiger partial charge in [0, 0.05) is 43.2 Å². The molecule has 1 rings (SSSR count). The number of ether oxygens (including phenoxy) is 1. The van der Waals surface area contributed by atoms with Crippen LogP contribution in [0.2, 0.25) is 0 Å². The van der Waals surface area contributed by atoms with Gasteiger partial charge in [-0.15, -0.1) is 0 Å². The van der Waals surface area contributed by atoms with Crippen LogP contribution in [0.4, 0.5) is 11.4 Å². The molecule has 0 heterocycles. The van der Waals surface area contributed by atoms with Gasteiger partial charge < -0.3 is 20.5 Å². The molecule has 0 fully saturated rings. The van der Waals surface area contributed by atoms with Gasteiger partial charge in [0.15, 0.2) is 0 Å². The number of nitrogen functional groups attached to an aromatic ring is 1. The van der Waals surface area contributed by atoms with Crippen molar-refractivity contribution in [3.63, 3.8) is 0 Å². The Morgan fingerprint density at radius 3 is 2.61 bits per heavy atom. The Morgan fingerprint density at radius 1 is 1.33 bits per heavy atom. The van der Waals surface area contributed by atoms with E-state index in [4.69, 9.17) is 15.6 Å². The molecule has 4 heteroatoms. The molecule has 0 amide bonds. The van der Waals surface area contributed by atoms with Crippen molar-refractivity contribution in [2.45, 2.75) is 33.3 Å². The lowest BCUT2D eigenvalue weighted by Gasteiger charge is -2.24. The molecule has 0 bridgehead atoms. The first-order chi connectivity index (χ1) is 8.56. The quantitative estimate of drug-likeness (QED) is 0.731. The zero-order valence-electron chi connectivity index (χ0n) is 11.5. The van der Waals surface area contributed by atoms with E-state index in [9.17, 15) is 0 Å².